The topological polar surface area (TPSA) is 49.3 Å². The van der Waals surface area contributed by atoms with E-state index in [9.17, 15) is 4.79 Å². The molecule has 17 heavy (non-hydrogen) atoms. The molecule has 0 amide bonds. The smallest absolute Gasteiger partial charge is 0.335 e. The molecule has 1 aromatic carbocycles. The van der Waals surface area contributed by atoms with Crippen LogP contribution in [0.4, 0.5) is 0 Å². The molecule has 0 aliphatic heterocycles. The van der Waals surface area contributed by atoms with Gasteiger partial charge < -0.3 is 10.4 Å². The molecule has 1 aromatic rings. The fourth-order valence-corrected chi connectivity index (χ4v) is 2.41. The van der Waals surface area contributed by atoms with Gasteiger partial charge in [0, 0.05) is 12.1 Å². The molecule has 3 nitrogen and oxygen atoms in total. The van der Waals surface area contributed by atoms with Crippen molar-refractivity contribution in [1.29, 1.82) is 0 Å². The van der Waals surface area contributed by atoms with E-state index in [4.69, 9.17) is 5.11 Å². The first-order valence-electron chi connectivity index (χ1n) is 6.16. The van der Waals surface area contributed by atoms with Crippen molar-refractivity contribution in [2.24, 2.45) is 0 Å². The maximum atomic E-state index is 10.7. The summed E-state index contributed by atoms with van der Waals surface area (Å²) < 4.78 is 0. The molecule has 0 bridgehead atoms. The van der Waals surface area contributed by atoms with Crippen molar-refractivity contribution in [2.45, 2.75) is 44.7 Å². The number of aromatic carboxylic acids is 1. The molecule has 1 aliphatic rings. The van der Waals surface area contributed by atoms with Gasteiger partial charge in [0.05, 0.1) is 5.56 Å². The number of carbonyl (C=O) groups is 1. The Hall–Kier alpha value is -1.35. The van der Waals surface area contributed by atoms with Crippen LogP contribution in [0.2, 0.25) is 0 Å². The number of benzene rings is 1. The molecule has 3 heteroatoms. The summed E-state index contributed by atoms with van der Waals surface area (Å²) in [4.78, 5) is 10.7. The molecule has 2 N–H and O–H groups in total. The van der Waals surface area contributed by atoms with Crippen molar-refractivity contribution in [1.82, 2.24) is 5.32 Å². The van der Waals surface area contributed by atoms with E-state index in [0.29, 0.717) is 5.56 Å². The summed E-state index contributed by atoms with van der Waals surface area (Å²) in [6, 6.07) is 7.09. The summed E-state index contributed by atoms with van der Waals surface area (Å²) in [6.45, 7) is 3.09. The van der Waals surface area contributed by atoms with Gasteiger partial charge in [-0.3, -0.25) is 0 Å². The van der Waals surface area contributed by atoms with Crippen LogP contribution in [0.1, 0.15) is 48.5 Å². The van der Waals surface area contributed by atoms with Crippen molar-refractivity contribution in [2.75, 3.05) is 0 Å². The first-order chi connectivity index (χ1) is 8.09. The van der Waals surface area contributed by atoms with Gasteiger partial charge in [-0.15, -0.1) is 0 Å². The second-order valence-electron chi connectivity index (χ2n) is 5.12. The highest BCUT2D eigenvalue weighted by Crippen LogP contribution is 2.29. The normalized spacial score (nSPS) is 18.2. The second-order valence-corrected chi connectivity index (χ2v) is 5.12. The van der Waals surface area contributed by atoms with Gasteiger partial charge in [-0.2, -0.15) is 0 Å². The number of carboxylic acid groups (broad SMARTS) is 1. The molecule has 0 heterocycles. The Labute approximate surface area is 102 Å². The Balaban J connectivity index is 1.93. The van der Waals surface area contributed by atoms with Gasteiger partial charge in [-0.1, -0.05) is 25.0 Å². The Bertz CT molecular complexity index is 391. The van der Waals surface area contributed by atoms with Crippen LogP contribution in [-0.2, 0) is 6.54 Å². The molecule has 2 rings (SSSR count). The first kappa shape index (κ1) is 12.1. The Morgan fingerprint density at radius 1 is 1.29 bits per heavy atom. The molecule has 0 spiro atoms. The molecule has 1 aliphatic carbocycles. The van der Waals surface area contributed by atoms with Crippen LogP contribution in [0.15, 0.2) is 24.3 Å². The van der Waals surface area contributed by atoms with Crippen molar-refractivity contribution < 1.29 is 9.90 Å². The van der Waals surface area contributed by atoms with E-state index in [0.717, 1.165) is 12.1 Å². The lowest BCUT2D eigenvalue weighted by molar-refractivity contribution is 0.0697. The van der Waals surface area contributed by atoms with Gasteiger partial charge in [0.1, 0.15) is 0 Å². The quantitative estimate of drug-likeness (QED) is 0.840. The lowest BCUT2D eigenvalue weighted by Crippen LogP contribution is -2.38. The maximum Gasteiger partial charge on any atom is 0.335 e. The molecule has 0 atom stereocenters. The van der Waals surface area contributed by atoms with E-state index >= 15 is 0 Å². The standard InChI is InChI=1S/C14H19NO2/c1-14(8-2-3-9-14)15-10-11-4-6-12(7-5-11)13(16)17/h4-7,15H,2-3,8-10H2,1H3,(H,16,17). The lowest BCUT2D eigenvalue weighted by Gasteiger charge is -2.25. The highest BCUT2D eigenvalue weighted by Gasteiger charge is 2.27. The van der Waals surface area contributed by atoms with Gasteiger partial charge in [-0.25, -0.2) is 4.79 Å². The van der Waals surface area contributed by atoms with E-state index in [2.05, 4.69) is 12.2 Å². The predicted molar refractivity (Wildman–Crippen MR) is 67.1 cm³/mol. The molecular formula is C14H19NO2. The van der Waals surface area contributed by atoms with Crippen molar-refractivity contribution in [3.05, 3.63) is 35.4 Å². The van der Waals surface area contributed by atoms with Crippen LogP contribution < -0.4 is 5.32 Å². The molecule has 0 aromatic heterocycles. The van der Waals surface area contributed by atoms with E-state index in [-0.39, 0.29) is 5.54 Å². The number of carboxylic acids is 1. The van der Waals surface area contributed by atoms with E-state index in [1.807, 2.05) is 12.1 Å². The Morgan fingerprint density at radius 2 is 1.88 bits per heavy atom. The molecule has 0 saturated heterocycles. The van der Waals surface area contributed by atoms with Crippen LogP contribution >= 0.6 is 0 Å². The summed E-state index contributed by atoms with van der Waals surface area (Å²) in [5.74, 6) is -0.868. The monoisotopic (exact) mass is 233 g/mol. The van der Waals surface area contributed by atoms with E-state index in [1.54, 1.807) is 12.1 Å². The fourth-order valence-electron chi connectivity index (χ4n) is 2.41. The van der Waals surface area contributed by atoms with Crippen LogP contribution in [0, 0.1) is 0 Å². The van der Waals surface area contributed by atoms with Gasteiger partial charge in [-0.05, 0) is 37.5 Å². The molecule has 1 saturated carbocycles. The van der Waals surface area contributed by atoms with E-state index < -0.39 is 5.97 Å². The summed E-state index contributed by atoms with van der Waals surface area (Å²) in [6.07, 6.45) is 5.09. The Kier molecular flexibility index (Phi) is 3.48. The minimum absolute atomic E-state index is 0.269. The third-order valence-electron chi connectivity index (χ3n) is 3.63. The van der Waals surface area contributed by atoms with Crippen molar-refractivity contribution >= 4 is 5.97 Å². The molecule has 0 unspecified atom stereocenters. The number of rotatable bonds is 4. The van der Waals surface area contributed by atoms with Crippen LogP contribution in [0.5, 0.6) is 0 Å². The van der Waals surface area contributed by atoms with E-state index in [1.165, 1.54) is 25.7 Å². The maximum absolute atomic E-state index is 10.7. The minimum Gasteiger partial charge on any atom is -0.478 e. The minimum atomic E-state index is -0.868. The zero-order valence-electron chi connectivity index (χ0n) is 10.2. The molecule has 0 radical (unpaired) electrons. The first-order valence-corrected chi connectivity index (χ1v) is 6.16. The van der Waals surface area contributed by atoms with Gasteiger partial charge >= 0.3 is 5.97 Å². The highest BCUT2D eigenvalue weighted by molar-refractivity contribution is 5.87. The summed E-state index contributed by atoms with van der Waals surface area (Å²) in [5.41, 5.74) is 1.76. The Morgan fingerprint density at radius 3 is 2.41 bits per heavy atom. The van der Waals surface area contributed by atoms with Crippen molar-refractivity contribution in [3.63, 3.8) is 0 Å². The zero-order chi connectivity index (χ0) is 12.3. The SMILES string of the molecule is CC1(NCc2ccc(C(=O)O)cc2)CCCC1. The number of hydrogen-bond donors (Lipinski definition) is 2. The van der Waals surface area contributed by atoms with Gasteiger partial charge in [0.25, 0.3) is 0 Å². The largest absolute Gasteiger partial charge is 0.478 e. The average molecular weight is 233 g/mol. The summed E-state index contributed by atoms with van der Waals surface area (Å²) >= 11 is 0. The number of hydrogen-bond acceptors (Lipinski definition) is 2. The van der Waals surface area contributed by atoms with Crippen molar-refractivity contribution in [3.8, 4) is 0 Å². The van der Waals surface area contributed by atoms with Gasteiger partial charge in [0.2, 0.25) is 0 Å². The number of nitrogens with one attached hydrogen (secondary N) is 1. The second kappa shape index (κ2) is 4.88. The van der Waals surface area contributed by atoms with Crippen LogP contribution in [-0.4, -0.2) is 16.6 Å². The molecular weight excluding hydrogens is 214 g/mol. The third kappa shape index (κ3) is 3.07. The predicted octanol–water partition coefficient (Wildman–Crippen LogP) is 2.81. The lowest BCUT2D eigenvalue weighted by atomic mass is 10.00. The molecule has 1 fully saturated rings. The zero-order valence-corrected chi connectivity index (χ0v) is 10.2. The fraction of sp³-hybridized carbons (Fsp3) is 0.500. The average Bonchev–Trinajstić information content (AvgIpc) is 2.75. The van der Waals surface area contributed by atoms with Crippen LogP contribution in [0.25, 0.3) is 0 Å². The van der Waals surface area contributed by atoms with Gasteiger partial charge in [0.15, 0.2) is 0 Å². The van der Waals surface area contributed by atoms with Crippen LogP contribution in [0.3, 0.4) is 0 Å². The summed E-state index contributed by atoms with van der Waals surface area (Å²) in [7, 11) is 0. The third-order valence-corrected chi connectivity index (χ3v) is 3.63. The highest BCUT2D eigenvalue weighted by atomic mass is 16.4. The molecule has 92 valence electrons. The summed E-state index contributed by atoms with van der Waals surface area (Å²) in [5, 5.41) is 12.4.